The van der Waals surface area contributed by atoms with Gasteiger partial charge in [-0.05, 0) is 42.8 Å². The number of hydrogen-bond donors (Lipinski definition) is 0. The van der Waals surface area contributed by atoms with Gasteiger partial charge in [-0.2, -0.15) is 4.31 Å². The first-order chi connectivity index (χ1) is 16.3. The van der Waals surface area contributed by atoms with E-state index in [9.17, 15) is 13.2 Å². The van der Waals surface area contributed by atoms with Crippen LogP contribution >= 0.6 is 0 Å². The van der Waals surface area contributed by atoms with Crippen molar-refractivity contribution in [2.75, 3.05) is 40.4 Å². The van der Waals surface area contributed by atoms with Crippen molar-refractivity contribution >= 4 is 32.9 Å². The van der Waals surface area contributed by atoms with E-state index in [-0.39, 0.29) is 23.9 Å². The molecular weight excluding hydrogens is 454 g/mol. The summed E-state index contributed by atoms with van der Waals surface area (Å²) in [6.07, 6.45) is 4.83. The summed E-state index contributed by atoms with van der Waals surface area (Å²) in [7, 11) is -0.605. The molecule has 0 unspecified atom stereocenters. The van der Waals surface area contributed by atoms with Crippen molar-refractivity contribution in [1.82, 2.24) is 14.2 Å². The summed E-state index contributed by atoms with van der Waals surface area (Å²) in [5.41, 5.74) is 2.18. The Bertz CT molecular complexity index is 1350. The van der Waals surface area contributed by atoms with Gasteiger partial charge >= 0.3 is 0 Å². The lowest BCUT2D eigenvalue weighted by Crippen LogP contribution is -2.50. The molecule has 9 heteroatoms. The molecular formula is C25H27N3O5S. The standard InChI is InChI=1S/C25H27N3O5S/c1-18-15-20-5-4-6-23(25(20)26-17-18)34(30,31)28-13-11-27(12-14-28)24(29)10-8-19-7-9-21(32-2)16-22(19)33-3/h4-10,15-17H,11-14H2,1-3H3/b10-8+. The Labute approximate surface area is 199 Å². The van der Waals surface area contributed by atoms with Crippen LogP contribution in [-0.4, -0.2) is 68.9 Å². The molecule has 178 valence electrons. The molecule has 0 radical (unpaired) electrons. The zero-order chi connectivity index (χ0) is 24.3. The average Bonchev–Trinajstić information content (AvgIpc) is 2.86. The normalized spacial score (nSPS) is 15.1. The molecule has 0 atom stereocenters. The fraction of sp³-hybridized carbons (Fsp3) is 0.280. The predicted molar refractivity (Wildman–Crippen MR) is 130 cm³/mol. The van der Waals surface area contributed by atoms with Gasteiger partial charge in [-0.3, -0.25) is 9.78 Å². The van der Waals surface area contributed by atoms with Crippen molar-refractivity contribution in [3.63, 3.8) is 0 Å². The molecule has 8 nitrogen and oxygen atoms in total. The van der Waals surface area contributed by atoms with Crippen molar-refractivity contribution in [1.29, 1.82) is 0 Å². The number of carbonyl (C=O) groups excluding carboxylic acids is 1. The number of carbonyl (C=O) groups is 1. The Morgan fingerprint density at radius 2 is 1.79 bits per heavy atom. The molecule has 3 aromatic rings. The van der Waals surface area contributed by atoms with E-state index in [2.05, 4.69) is 4.98 Å². The van der Waals surface area contributed by atoms with E-state index < -0.39 is 10.0 Å². The Balaban J connectivity index is 1.45. The van der Waals surface area contributed by atoms with Gasteiger partial charge in [-0.1, -0.05) is 12.1 Å². The van der Waals surface area contributed by atoms with Gasteiger partial charge in [0.25, 0.3) is 0 Å². The Morgan fingerprint density at radius 1 is 1.03 bits per heavy atom. The molecule has 2 heterocycles. The highest BCUT2D eigenvalue weighted by Crippen LogP contribution is 2.27. The first kappa shape index (κ1) is 23.7. The van der Waals surface area contributed by atoms with Crippen LogP contribution in [0.3, 0.4) is 0 Å². The van der Waals surface area contributed by atoms with E-state index in [1.54, 1.807) is 55.7 Å². The quantitative estimate of drug-likeness (QED) is 0.503. The summed E-state index contributed by atoms with van der Waals surface area (Å²) in [4.78, 5) is 18.9. The maximum Gasteiger partial charge on any atom is 0.246 e. The number of amides is 1. The van der Waals surface area contributed by atoms with Crippen LogP contribution in [0.15, 0.2) is 59.6 Å². The Kier molecular flexibility index (Phi) is 6.85. The number of aromatic nitrogens is 1. The predicted octanol–water partition coefficient (Wildman–Crippen LogP) is 3.11. The lowest BCUT2D eigenvalue weighted by molar-refractivity contribution is -0.127. The lowest BCUT2D eigenvalue weighted by Gasteiger charge is -2.33. The summed E-state index contributed by atoms with van der Waals surface area (Å²) >= 11 is 0. The fourth-order valence-electron chi connectivity index (χ4n) is 3.96. The molecule has 34 heavy (non-hydrogen) atoms. The summed E-state index contributed by atoms with van der Waals surface area (Å²) in [5, 5.41) is 0.786. The van der Waals surface area contributed by atoms with Crippen molar-refractivity contribution in [2.24, 2.45) is 0 Å². The number of nitrogens with zero attached hydrogens (tertiary/aromatic N) is 3. The van der Waals surface area contributed by atoms with Gasteiger partial charge in [0.2, 0.25) is 15.9 Å². The highest BCUT2D eigenvalue weighted by Gasteiger charge is 2.31. The zero-order valence-electron chi connectivity index (χ0n) is 19.4. The minimum atomic E-state index is -3.74. The molecule has 0 N–H and O–H groups in total. The highest BCUT2D eigenvalue weighted by molar-refractivity contribution is 7.89. The molecule has 1 aliphatic heterocycles. The lowest BCUT2D eigenvalue weighted by atomic mass is 10.1. The maximum absolute atomic E-state index is 13.3. The molecule has 0 saturated carbocycles. The molecule has 1 saturated heterocycles. The van der Waals surface area contributed by atoms with Gasteiger partial charge in [0, 0.05) is 55.5 Å². The number of sulfonamides is 1. The number of aryl methyl sites for hydroxylation is 1. The summed E-state index contributed by atoms with van der Waals surface area (Å²) in [6, 6.07) is 12.4. The van der Waals surface area contributed by atoms with Crippen molar-refractivity contribution in [3.8, 4) is 11.5 Å². The molecule has 2 aromatic carbocycles. The summed E-state index contributed by atoms with van der Waals surface area (Å²) < 4.78 is 38.7. The smallest absolute Gasteiger partial charge is 0.246 e. The maximum atomic E-state index is 13.3. The molecule has 1 aromatic heterocycles. The number of fused-ring (bicyclic) bond motifs is 1. The third-order valence-corrected chi connectivity index (χ3v) is 7.76. The Hall–Kier alpha value is -3.43. The minimum Gasteiger partial charge on any atom is -0.497 e. The van der Waals surface area contributed by atoms with Crippen molar-refractivity contribution in [2.45, 2.75) is 11.8 Å². The number of para-hydroxylation sites is 1. The van der Waals surface area contributed by atoms with E-state index in [0.29, 0.717) is 30.1 Å². The SMILES string of the molecule is COc1ccc(/C=C/C(=O)N2CCN(S(=O)(=O)c3cccc4cc(C)cnc34)CC2)c(OC)c1. The van der Waals surface area contributed by atoms with Gasteiger partial charge in [0.1, 0.15) is 16.4 Å². The number of benzene rings is 2. The number of rotatable bonds is 6. The van der Waals surface area contributed by atoms with E-state index in [4.69, 9.17) is 9.47 Å². The van der Waals surface area contributed by atoms with E-state index in [1.807, 2.05) is 25.1 Å². The van der Waals surface area contributed by atoms with Gasteiger partial charge in [-0.15, -0.1) is 0 Å². The Morgan fingerprint density at radius 3 is 2.50 bits per heavy atom. The van der Waals surface area contributed by atoms with Crippen LogP contribution in [0.2, 0.25) is 0 Å². The first-order valence-electron chi connectivity index (χ1n) is 10.9. The van der Waals surface area contributed by atoms with Crippen LogP contribution in [0.5, 0.6) is 11.5 Å². The van der Waals surface area contributed by atoms with Crippen LogP contribution in [0, 0.1) is 6.92 Å². The molecule has 4 rings (SSSR count). The summed E-state index contributed by atoms with van der Waals surface area (Å²) in [6.45, 7) is 2.97. The van der Waals surface area contributed by atoms with Gasteiger partial charge < -0.3 is 14.4 Å². The fourth-order valence-corrected chi connectivity index (χ4v) is 5.55. The van der Waals surface area contributed by atoms with Crippen LogP contribution in [0.4, 0.5) is 0 Å². The third-order valence-electron chi connectivity index (χ3n) is 5.82. The molecule has 0 spiro atoms. The molecule has 0 aliphatic carbocycles. The van der Waals surface area contributed by atoms with Crippen LogP contribution in [0.25, 0.3) is 17.0 Å². The van der Waals surface area contributed by atoms with Crippen LogP contribution in [0.1, 0.15) is 11.1 Å². The van der Waals surface area contributed by atoms with E-state index >= 15 is 0 Å². The molecule has 1 aliphatic rings. The van der Waals surface area contributed by atoms with Gasteiger partial charge in [-0.25, -0.2) is 8.42 Å². The van der Waals surface area contributed by atoms with Crippen molar-refractivity contribution < 1.29 is 22.7 Å². The largest absolute Gasteiger partial charge is 0.497 e. The van der Waals surface area contributed by atoms with Gasteiger partial charge in [0.05, 0.1) is 19.7 Å². The molecule has 1 amide bonds. The monoisotopic (exact) mass is 481 g/mol. The number of piperazine rings is 1. The van der Waals surface area contributed by atoms with E-state index in [0.717, 1.165) is 16.5 Å². The zero-order valence-corrected chi connectivity index (χ0v) is 20.2. The number of hydrogen-bond acceptors (Lipinski definition) is 6. The second-order valence-corrected chi connectivity index (χ2v) is 9.92. The summed E-state index contributed by atoms with van der Waals surface area (Å²) in [5.74, 6) is 1.07. The van der Waals surface area contributed by atoms with Gasteiger partial charge in [0.15, 0.2) is 0 Å². The van der Waals surface area contributed by atoms with Crippen LogP contribution < -0.4 is 9.47 Å². The second-order valence-electron chi connectivity index (χ2n) is 8.01. The highest BCUT2D eigenvalue weighted by atomic mass is 32.2. The molecule has 0 bridgehead atoms. The molecule has 1 fully saturated rings. The van der Waals surface area contributed by atoms with Crippen molar-refractivity contribution in [3.05, 3.63) is 65.9 Å². The number of ether oxygens (including phenoxy) is 2. The number of methoxy groups -OCH3 is 2. The third kappa shape index (κ3) is 4.76. The first-order valence-corrected chi connectivity index (χ1v) is 12.3. The minimum absolute atomic E-state index is 0.183. The number of pyridine rings is 1. The topological polar surface area (TPSA) is 89.0 Å². The van der Waals surface area contributed by atoms with Crippen LogP contribution in [-0.2, 0) is 14.8 Å². The second kappa shape index (κ2) is 9.82. The average molecular weight is 482 g/mol. The van der Waals surface area contributed by atoms with E-state index in [1.165, 1.54) is 10.4 Å².